The van der Waals surface area contributed by atoms with Crippen LogP contribution in [0.2, 0.25) is 0 Å². The number of aliphatic hydroxyl groups is 1. The Bertz CT molecular complexity index is 764. The fraction of sp³-hybridized carbons (Fsp3) is 0.350. The Hall–Kier alpha value is -2.42. The fourth-order valence-electron chi connectivity index (χ4n) is 2.69. The number of rotatable bonds is 10. The van der Waals surface area contributed by atoms with Crippen molar-refractivity contribution >= 4 is 5.97 Å². The van der Waals surface area contributed by atoms with E-state index in [1.807, 2.05) is 0 Å². The fourth-order valence-corrected chi connectivity index (χ4v) is 2.69. The standard InChI is InChI=1S/C20H23F3N2O3/c21-20(22,23)17-3-1-2-15(12-17)13-18(26)9-11-25-24-10-8-14-4-6-16(7-5-14)19(27)28/h1-7,12,18,24-26H,8-11,13H2,(H,27,28). The second-order valence-corrected chi connectivity index (χ2v) is 6.45. The summed E-state index contributed by atoms with van der Waals surface area (Å²) in [6, 6.07) is 11.6. The molecule has 0 fully saturated rings. The third-order valence-corrected chi connectivity index (χ3v) is 4.19. The van der Waals surface area contributed by atoms with Crippen molar-refractivity contribution in [2.24, 2.45) is 0 Å². The van der Waals surface area contributed by atoms with Crippen molar-refractivity contribution in [2.45, 2.75) is 31.5 Å². The van der Waals surface area contributed by atoms with Gasteiger partial charge in [-0.25, -0.2) is 4.79 Å². The van der Waals surface area contributed by atoms with Crippen LogP contribution in [0.25, 0.3) is 0 Å². The summed E-state index contributed by atoms with van der Waals surface area (Å²) < 4.78 is 38.1. The van der Waals surface area contributed by atoms with E-state index in [-0.39, 0.29) is 12.0 Å². The van der Waals surface area contributed by atoms with Gasteiger partial charge in [0, 0.05) is 13.1 Å². The number of benzene rings is 2. The van der Waals surface area contributed by atoms with Gasteiger partial charge in [-0.2, -0.15) is 13.2 Å². The Kier molecular flexibility index (Phi) is 7.98. The van der Waals surface area contributed by atoms with E-state index in [0.29, 0.717) is 31.5 Å². The molecule has 0 aliphatic rings. The van der Waals surface area contributed by atoms with Crippen LogP contribution >= 0.6 is 0 Å². The van der Waals surface area contributed by atoms with E-state index >= 15 is 0 Å². The number of carboxylic acid groups (broad SMARTS) is 1. The molecule has 0 heterocycles. The predicted molar refractivity (Wildman–Crippen MR) is 98.9 cm³/mol. The normalized spacial score (nSPS) is 12.7. The molecule has 0 aliphatic carbocycles. The highest BCUT2D eigenvalue weighted by Crippen LogP contribution is 2.29. The van der Waals surface area contributed by atoms with Gasteiger partial charge in [-0.1, -0.05) is 30.3 Å². The number of aliphatic hydroxyl groups excluding tert-OH is 1. The molecule has 0 bridgehead atoms. The first kappa shape index (κ1) is 21.9. The van der Waals surface area contributed by atoms with Crippen LogP contribution in [0.3, 0.4) is 0 Å². The Labute approximate surface area is 161 Å². The van der Waals surface area contributed by atoms with Gasteiger partial charge in [0.1, 0.15) is 0 Å². The largest absolute Gasteiger partial charge is 0.478 e. The van der Waals surface area contributed by atoms with Crippen LogP contribution < -0.4 is 10.9 Å². The minimum atomic E-state index is -4.39. The summed E-state index contributed by atoms with van der Waals surface area (Å²) in [4.78, 5) is 10.8. The van der Waals surface area contributed by atoms with Gasteiger partial charge in [0.2, 0.25) is 0 Å². The van der Waals surface area contributed by atoms with Gasteiger partial charge in [-0.05, 0) is 48.6 Å². The number of hydrogen-bond donors (Lipinski definition) is 4. The molecular weight excluding hydrogens is 373 g/mol. The van der Waals surface area contributed by atoms with Crippen LogP contribution in [0.15, 0.2) is 48.5 Å². The molecule has 8 heteroatoms. The molecule has 0 aliphatic heterocycles. The summed E-state index contributed by atoms with van der Waals surface area (Å²) in [5.41, 5.74) is 6.91. The van der Waals surface area contributed by atoms with Gasteiger partial charge in [0.15, 0.2) is 0 Å². The molecule has 0 saturated heterocycles. The SMILES string of the molecule is O=C(O)c1ccc(CCNNCCC(O)Cc2cccc(C(F)(F)F)c2)cc1. The monoisotopic (exact) mass is 396 g/mol. The highest BCUT2D eigenvalue weighted by atomic mass is 19.4. The van der Waals surface area contributed by atoms with E-state index in [2.05, 4.69) is 10.9 Å². The quantitative estimate of drug-likeness (QED) is 0.367. The zero-order chi connectivity index (χ0) is 20.6. The number of carbonyl (C=O) groups is 1. The third-order valence-electron chi connectivity index (χ3n) is 4.19. The second kappa shape index (κ2) is 10.2. The second-order valence-electron chi connectivity index (χ2n) is 6.45. The third kappa shape index (κ3) is 7.30. The number of carboxylic acids is 1. The summed E-state index contributed by atoms with van der Waals surface area (Å²) in [6.45, 7) is 1.06. The van der Waals surface area contributed by atoms with Gasteiger partial charge in [0.25, 0.3) is 0 Å². The molecule has 152 valence electrons. The number of aromatic carboxylic acids is 1. The summed E-state index contributed by atoms with van der Waals surface area (Å²) in [5.74, 6) is -0.963. The topological polar surface area (TPSA) is 81.6 Å². The molecule has 1 unspecified atom stereocenters. The molecule has 0 aromatic heterocycles. The highest BCUT2D eigenvalue weighted by molar-refractivity contribution is 5.87. The Balaban J connectivity index is 1.63. The van der Waals surface area contributed by atoms with Gasteiger partial charge < -0.3 is 10.2 Å². The number of halogens is 3. The predicted octanol–water partition coefficient (Wildman–Crippen LogP) is 3.03. The molecule has 2 rings (SSSR count). The maximum Gasteiger partial charge on any atom is 0.416 e. The van der Waals surface area contributed by atoms with Crippen molar-refractivity contribution in [2.75, 3.05) is 13.1 Å². The van der Waals surface area contributed by atoms with Crippen LogP contribution in [0, 0.1) is 0 Å². The molecule has 0 spiro atoms. The van der Waals surface area contributed by atoms with Crippen molar-refractivity contribution in [1.29, 1.82) is 0 Å². The lowest BCUT2D eigenvalue weighted by Crippen LogP contribution is -2.35. The van der Waals surface area contributed by atoms with Crippen LogP contribution in [0.4, 0.5) is 13.2 Å². The molecule has 5 nitrogen and oxygen atoms in total. The van der Waals surface area contributed by atoms with E-state index in [9.17, 15) is 23.1 Å². The molecule has 2 aromatic rings. The minimum absolute atomic E-state index is 0.154. The Morgan fingerprint density at radius 3 is 2.32 bits per heavy atom. The summed E-state index contributed by atoms with van der Waals surface area (Å²) in [6.07, 6.45) is -3.90. The number of hydrogen-bond acceptors (Lipinski definition) is 4. The van der Waals surface area contributed by atoms with Gasteiger partial charge in [-0.15, -0.1) is 0 Å². The molecule has 0 saturated carbocycles. The van der Waals surface area contributed by atoms with Crippen molar-refractivity contribution in [3.05, 3.63) is 70.8 Å². The first-order chi connectivity index (χ1) is 13.3. The maximum absolute atomic E-state index is 12.7. The van der Waals surface area contributed by atoms with E-state index in [1.54, 1.807) is 30.3 Å². The zero-order valence-corrected chi connectivity index (χ0v) is 15.2. The lowest BCUT2D eigenvalue weighted by atomic mass is 10.0. The molecule has 1 atom stereocenters. The van der Waals surface area contributed by atoms with Crippen molar-refractivity contribution in [3.8, 4) is 0 Å². The summed E-state index contributed by atoms with van der Waals surface area (Å²) in [7, 11) is 0. The van der Waals surface area contributed by atoms with Gasteiger partial charge in [0.05, 0.1) is 17.2 Å². The molecule has 0 radical (unpaired) electrons. The van der Waals surface area contributed by atoms with E-state index in [1.165, 1.54) is 6.07 Å². The highest BCUT2D eigenvalue weighted by Gasteiger charge is 2.30. The first-order valence-corrected chi connectivity index (χ1v) is 8.88. The zero-order valence-electron chi connectivity index (χ0n) is 15.2. The number of hydrazine groups is 1. The lowest BCUT2D eigenvalue weighted by molar-refractivity contribution is -0.137. The van der Waals surface area contributed by atoms with E-state index in [4.69, 9.17) is 5.11 Å². The summed E-state index contributed by atoms with van der Waals surface area (Å²) in [5, 5.41) is 18.8. The molecule has 4 N–H and O–H groups in total. The average Bonchev–Trinajstić information content (AvgIpc) is 2.64. The van der Waals surface area contributed by atoms with Crippen molar-refractivity contribution in [1.82, 2.24) is 10.9 Å². The molecule has 28 heavy (non-hydrogen) atoms. The van der Waals surface area contributed by atoms with Gasteiger partial charge in [-0.3, -0.25) is 10.9 Å². The van der Waals surface area contributed by atoms with Crippen LogP contribution in [-0.4, -0.2) is 35.4 Å². The molecule has 2 aromatic carbocycles. The molecular formula is C20H23F3N2O3. The van der Waals surface area contributed by atoms with Crippen LogP contribution in [-0.2, 0) is 19.0 Å². The van der Waals surface area contributed by atoms with E-state index in [0.717, 1.165) is 17.7 Å². The number of alkyl halides is 3. The minimum Gasteiger partial charge on any atom is -0.478 e. The average molecular weight is 396 g/mol. The Morgan fingerprint density at radius 2 is 1.68 bits per heavy atom. The Morgan fingerprint density at radius 1 is 1.00 bits per heavy atom. The van der Waals surface area contributed by atoms with Crippen molar-refractivity contribution < 1.29 is 28.2 Å². The smallest absolute Gasteiger partial charge is 0.416 e. The lowest BCUT2D eigenvalue weighted by Gasteiger charge is -2.13. The maximum atomic E-state index is 12.7. The van der Waals surface area contributed by atoms with Crippen molar-refractivity contribution in [3.63, 3.8) is 0 Å². The van der Waals surface area contributed by atoms with Crippen LogP contribution in [0.5, 0.6) is 0 Å². The van der Waals surface area contributed by atoms with Crippen LogP contribution in [0.1, 0.15) is 33.5 Å². The van der Waals surface area contributed by atoms with E-state index < -0.39 is 23.8 Å². The van der Waals surface area contributed by atoms with Gasteiger partial charge >= 0.3 is 12.1 Å². The summed E-state index contributed by atoms with van der Waals surface area (Å²) >= 11 is 0. The molecule has 0 amide bonds. The first-order valence-electron chi connectivity index (χ1n) is 8.88. The number of nitrogens with one attached hydrogen (secondary N) is 2.